The van der Waals surface area contributed by atoms with Gasteiger partial charge in [0.15, 0.2) is 0 Å². The Morgan fingerprint density at radius 3 is 2.11 bits per heavy atom. The maximum absolute atomic E-state index is 6.02. The first-order valence-electron chi connectivity index (χ1n) is 8.20. The van der Waals surface area contributed by atoms with Crippen molar-refractivity contribution in [2.75, 3.05) is 20.1 Å². The van der Waals surface area contributed by atoms with E-state index in [2.05, 4.69) is 11.9 Å². The van der Waals surface area contributed by atoms with Crippen LogP contribution in [0, 0.1) is 11.8 Å². The summed E-state index contributed by atoms with van der Waals surface area (Å²) in [6.07, 6.45) is 14.4. The average Bonchev–Trinajstić information content (AvgIpc) is 2.90. The van der Waals surface area contributed by atoms with Gasteiger partial charge in [-0.2, -0.15) is 0 Å². The van der Waals surface area contributed by atoms with Crippen molar-refractivity contribution in [3.8, 4) is 0 Å². The molecule has 0 aromatic carbocycles. The highest BCUT2D eigenvalue weighted by atomic mass is 15.1. The van der Waals surface area contributed by atoms with Crippen LogP contribution in [0.5, 0.6) is 0 Å². The number of nitrogens with two attached hydrogens (primary N) is 1. The van der Waals surface area contributed by atoms with E-state index in [1.165, 1.54) is 70.8 Å². The molecule has 2 aliphatic carbocycles. The van der Waals surface area contributed by atoms with Gasteiger partial charge in [0.2, 0.25) is 0 Å². The molecule has 2 saturated carbocycles. The van der Waals surface area contributed by atoms with Gasteiger partial charge in [-0.3, -0.25) is 0 Å². The van der Waals surface area contributed by atoms with Crippen molar-refractivity contribution in [1.29, 1.82) is 0 Å². The summed E-state index contributed by atoms with van der Waals surface area (Å²) >= 11 is 0. The molecule has 2 nitrogen and oxygen atoms in total. The zero-order valence-corrected chi connectivity index (χ0v) is 12.2. The summed E-state index contributed by atoms with van der Waals surface area (Å²) in [5.74, 6) is 1.91. The topological polar surface area (TPSA) is 29.3 Å². The van der Waals surface area contributed by atoms with Crippen molar-refractivity contribution in [1.82, 2.24) is 4.90 Å². The standard InChI is InChI=1S/C16H32N2/c1-18(13-15-9-5-6-10-15)16(12-17)11-14-7-3-2-4-8-14/h14-16H,2-13,17H2,1H3. The van der Waals surface area contributed by atoms with E-state index in [0.717, 1.165) is 18.4 Å². The summed E-state index contributed by atoms with van der Waals surface area (Å²) in [6, 6.07) is 0.633. The van der Waals surface area contributed by atoms with Crippen LogP contribution >= 0.6 is 0 Å². The molecule has 2 heteroatoms. The largest absolute Gasteiger partial charge is 0.329 e. The molecule has 0 amide bonds. The van der Waals surface area contributed by atoms with Crippen molar-refractivity contribution in [3.05, 3.63) is 0 Å². The summed E-state index contributed by atoms with van der Waals surface area (Å²) in [6.45, 7) is 2.13. The van der Waals surface area contributed by atoms with Crippen molar-refractivity contribution in [2.45, 2.75) is 70.3 Å². The Labute approximate surface area is 113 Å². The Hall–Kier alpha value is -0.0800. The molecule has 0 aromatic heterocycles. The van der Waals surface area contributed by atoms with Crippen LogP contribution in [-0.2, 0) is 0 Å². The quantitative estimate of drug-likeness (QED) is 0.785. The molecule has 2 aliphatic rings. The summed E-state index contributed by atoms with van der Waals surface area (Å²) in [4.78, 5) is 2.57. The van der Waals surface area contributed by atoms with E-state index in [0.29, 0.717) is 6.04 Å². The predicted octanol–water partition coefficient (Wildman–Crippen LogP) is 3.41. The van der Waals surface area contributed by atoms with Gasteiger partial charge in [-0.1, -0.05) is 44.9 Å². The molecule has 18 heavy (non-hydrogen) atoms. The summed E-state index contributed by atoms with van der Waals surface area (Å²) in [5, 5.41) is 0. The van der Waals surface area contributed by atoms with E-state index in [4.69, 9.17) is 5.73 Å². The molecule has 0 aliphatic heterocycles. The third-order valence-electron chi connectivity index (χ3n) is 5.25. The smallest absolute Gasteiger partial charge is 0.0218 e. The number of nitrogens with zero attached hydrogens (tertiary/aromatic N) is 1. The van der Waals surface area contributed by atoms with E-state index in [-0.39, 0.29) is 0 Å². The van der Waals surface area contributed by atoms with Crippen LogP contribution in [0.2, 0.25) is 0 Å². The Balaban J connectivity index is 1.74. The van der Waals surface area contributed by atoms with Crippen molar-refractivity contribution in [2.24, 2.45) is 17.6 Å². The Bertz CT molecular complexity index is 217. The van der Waals surface area contributed by atoms with Crippen LogP contribution in [0.3, 0.4) is 0 Å². The number of hydrogen-bond donors (Lipinski definition) is 1. The average molecular weight is 252 g/mol. The van der Waals surface area contributed by atoms with Crippen LogP contribution in [0.1, 0.15) is 64.2 Å². The fourth-order valence-electron chi connectivity index (χ4n) is 4.01. The van der Waals surface area contributed by atoms with Gasteiger partial charge in [0.1, 0.15) is 0 Å². The molecule has 2 fully saturated rings. The van der Waals surface area contributed by atoms with Crippen LogP contribution < -0.4 is 5.73 Å². The van der Waals surface area contributed by atoms with Gasteiger partial charge in [0.25, 0.3) is 0 Å². The van der Waals surface area contributed by atoms with E-state index < -0.39 is 0 Å². The van der Waals surface area contributed by atoms with E-state index in [1.54, 1.807) is 0 Å². The molecule has 1 atom stereocenters. The van der Waals surface area contributed by atoms with Gasteiger partial charge in [0, 0.05) is 19.1 Å². The maximum Gasteiger partial charge on any atom is 0.0218 e. The van der Waals surface area contributed by atoms with Crippen molar-refractivity contribution < 1.29 is 0 Å². The minimum absolute atomic E-state index is 0.633. The predicted molar refractivity (Wildman–Crippen MR) is 78.6 cm³/mol. The zero-order chi connectivity index (χ0) is 12.8. The Morgan fingerprint density at radius 2 is 1.50 bits per heavy atom. The molecule has 0 radical (unpaired) electrons. The lowest BCUT2D eigenvalue weighted by Crippen LogP contribution is -2.41. The minimum atomic E-state index is 0.633. The fourth-order valence-corrected chi connectivity index (χ4v) is 4.01. The fraction of sp³-hybridized carbons (Fsp3) is 1.00. The van der Waals surface area contributed by atoms with Crippen molar-refractivity contribution in [3.63, 3.8) is 0 Å². The Morgan fingerprint density at radius 1 is 0.944 bits per heavy atom. The first kappa shape index (κ1) is 14.3. The molecule has 106 valence electrons. The molecular formula is C16H32N2. The first-order chi connectivity index (χ1) is 8.79. The molecule has 2 N–H and O–H groups in total. The van der Waals surface area contributed by atoms with Gasteiger partial charge in [0.05, 0.1) is 0 Å². The van der Waals surface area contributed by atoms with Gasteiger partial charge in [-0.25, -0.2) is 0 Å². The second-order valence-corrected chi connectivity index (χ2v) is 6.72. The maximum atomic E-state index is 6.02. The highest BCUT2D eigenvalue weighted by Crippen LogP contribution is 2.30. The lowest BCUT2D eigenvalue weighted by Gasteiger charge is -2.33. The second-order valence-electron chi connectivity index (χ2n) is 6.72. The number of rotatable bonds is 6. The van der Waals surface area contributed by atoms with Crippen LogP contribution in [0.25, 0.3) is 0 Å². The third-order valence-corrected chi connectivity index (χ3v) is 5.25. The molecule has 0 bridgehead atoms. The summed E-state index contributed by atoms with van der Waals surface area (Å²) in [5.41, 5.74) is 6.02. The van der Waals surface area contributed by atoms with Crippen LogP contribution in [0.4, 0.5) is 0 Å². The zero-order valence-electron chi connectivity index (χ0n) is 12.2. The Kier molecular flexibility index (Phi) is 5.97. The second kappa shape index (κ2) is 7.49. The SMILES string of the molecule is CN(CC1CCCC1)C(CN)CC1CCCCC1. The van der Waals surface area contributed by atoms with Gasteiger partial charge in [-0.05, 0) is 38.1 Å². The molecular weight excluding hydrogens is 220 g/mol. The van der Waals surface area contributed by atoms with Gasteiger partial charge >= 0.3 is 0 Å². The lowest BCUT2D eigenvalue weighted by atomic mass is 9.84. The monoisotopic (exact) mass is 252 g/mol. The third kappa shape index (κ3) is 4.24. The molecule has 0 aromatic rings. The summed E-state index contributed by atoms with van der Waals surface area (Å²) in [7, 11) is 2.30. The van der Waals surface area contributed by atoms with Crippen LogP contribution in [-0.4, -0.2) is 31.1 Å². The summed E-state index contributed by atoms with van der Waals surface area (Å²) < 4.78 is 0. The molecule has 0 spiro atoms. The van der Waals surface area contributed by atoms with Crippen molar-refractivity contribution >= 4 is 0 Å². The molecule has 1 unspecified atom stereocenters. The van der Waals surface area contributed by atoms with E-state index in [1.807, 2.05) is 0 Å². The first-order valence-corrected chi connectivity index (χ1v) is 8.20. The molecule has 0 heterocycles. The van der Waals surface area contributed by atoms with Crippen LogP contribution in [0.15, 0.2) is 0 Å². The minimum Gasteiger partial charge on any atom is -0.329 e. The van der Waals surface area contributed by atoms with E-state index in [9.17, 15) is 0 Å². The van der Waals surface area contributed by atoms with E-state index >= 15 is 0 Å². The normalized spacial score (nSPS) is 24.8. The van der Waals surface area contributed by atoms with Gasteiger partial charge < -0.3 is 10.6 Å². The number of likely N-dealkylation sites (N-methyl/N-ethyl adjacent to an activating group) is 1. The highest BCUT2D eigenvalue weighted by molar-refractivity contribution is 4.79. The van der Waals surface area contributed by atoms with Gasteiger partial charge in [-0.15, -0.1) is 0 Å². The highest BCUT2D eigenvalue weighted by Gasteiger charge is 2.24. The number of hydrogen-bond acceptors (Lipinski definition) is 2. The molecule has 2 rings (SSSR count). The molecule has 0 saturated heterocycles. The lowest BCUT2D eigenvalue weighted by molar-refractivity contribution is 0.169.